The van der Waals surface area contributed by atoms with Crippen LogP contribution in [0, 0.1) is 17.0 Å². The summed E-state index contributed by atoms with van der Waals surface area (Å²) in [5.41, 5.74) is 3.25. The minimum absolute atomic E-state index is 0.132. The maximum Gasteiger partial charge on any atom is 0.270 e. The first-order valence-electron chi connectivity index (χ1n) is 10.1. The Morgan fingerprint density at radius 1 is 1.20 bits per heavy atom. The number of hydrogen-bond donors (Lipinski definition) is 0. The van der Waals surface area contributed by atoms with Crippen LogP contribution in [0.5, 0.6) is 5.75 Å². The molecule has 1 aliphatic heterocycles. The van der Waals surface area contributed by atoms with Crippen molar-refractivity contribution in [3.8, 4) is 5.75 Å². The molecule has 4 rings (SSSR count). The van der Waals surface area contributed by atoms with Crippen LogP contribution in [0.3, 0.4) is 0 Å². The number of benzene rings is 2. The Morgan fingerprint density at radius 2 is 2.00 bits per heavy atom. The maximum atomic E-state index is 10.9. The van der Waals surface area contributed by atoms with Crippen LogP contribution in [-0.2, 0) is 0 Å². The standard InChI is InChI=1S/C23H24N4O3/c1-17-24-16-21-22(25-17)6-3-7-23(21)30-13-12-26-10-8-18(9-11-26)14-19-4-2-5-20(15-19)27(28)29/h2-7,14-16H,8-13H2,1H3. The second kappa shape index (κ2) is 9.00. The van der Waals surface area contributed by atoms with Gasteiger partial charge in [0.1, 0.15) is 18.2 Å². The summed E-state index contributed by atoms with van der Waals surface area (Å²) in [7, 11) is 0. The zero-order valence-electron chi connectivity index (χ0n) is 17.0. The zero-order chi connectivity index (χ0) is 20.9. The number of nitro groups is 1. The van der Waals surface area contributed by atoms with Crippen LogP contribution in [0.1, 0.15) is 24.2 Å². The van der Waals surface area contributed by atoms with Gasteiger partial charge in [-0.05, 0) is 37.5 Å². The first kappa shape index (κ1) is 20.0. The summed E-state index contributed by atoms with van der Waals surface area (Å²) in [6.07, 6.45) is 5.83. The minimum Gasteiger partial charge on any atom is -0.491 e. The van der Waals surface area contributed by atoms with Crippen molar-refractivity contribution in [1.29, 1.82) is 0 Å². The van der Waals surface area contributed by atoms with Crippen LogP contribution in [0.15, 0.2) is 54.2 Å². The van der Waals surface area contributed by atoms with Crippen molar-refractivity contribution in [3.63, 3.8) is 0 Å². The summed E-state index contributed by atoms with van der Waals surface area (Å²) in [5.74, 6) is 1.57. The van der Waals surface area contributed by atoms with Crippen LogP contribution >= 0.6 is 0 Å². The summed E-state index contributed by atoms with van der Waals surface area (Å²) in [4.78, 5) is 21.7. The molecule has 154 valence electrons. The molecule has 7 nitrogen and oxygen atoms in total. The number of likely N-dealkylation sites (tertiary alicyclic amines) is 1. The summed E-state index contributed by atoms with van der Waals surface area (Å²) in [6, 6.07) is 12.7. The van der Waals surface area contributed by atoms with Crippen molar-refractivity contribution >= 4 is 22.7 Å². The Labute approximate surface area is 175 Å². The molecule has 0 radical (unpaired) electrons. The van der Waals surface area contributed by atoms with Crippen LogP contribution in [-0.4, -0.2) is 46.0 Å². The maximum absolute atomic E-state index is 10.9. The number of nitro benzene ring substituents is 1. The van der Waals surface area contributed by atoms with Gasteiger partial charge in [-0.15, -0.1) is 0 Å². The van der Waals surface area contributed by atoms with Gasteiger partial charge >= 0.3 is 0 Å². The van der Waals surface area contributed by atoms with E-state index in [1.165, 1.54) is 11.6 Å². The number of nitrogens with zero attached hydrogens (tertiary/aromatic N) is 4. The van der Waals surface area contributed by atoms with E-state index in [1.807, 2.05) is 37.4 Å². The molecular formula is C23H24N4O3. The Bertz CT molecular complexity index is 1090. The van der Waals surface area contributed by atoms with Gasteiger partial charge in [0.15, 0.2) is 0 Å². The second-order valence-electron chi connectivity index (χ2n) is 7.45. The fourth-order valence-electron chi connectivity index (χ4n) is 3.70. The smallest absolute Gasteiger partial charge is 0.270 e. The monoisotopic (exact) mass is 404 g/mol. The summed E-state index contributed by atoms with van der Waals surface area (Å²) >= 11 is 0. The lowest BCUT2D eigenvalue weighted by atomic mass is 10.0. The molecule has 0 spiro atoms. The predicted molar refractivity (Wildman–Crippen MR) is 117 cm³/mol. The van der Waals surface area contributed by atoms with Crippen LogP contribution in [0.25, 0.3) is 17.0 Å². The first-order valence-corrected chi connectivity index (χ1v) is 10.1. The Hall–Kier alpha value is -3.32. The fourth-order valence-corrected chi connectivity index (χ4v) is 3.70. The lowest BCUT2D eigenvalue weighted by Gasteiger charge is -2.28. The quantitative estimate of drug-likeness (QED) is 0.447. The summed E-state index contributed by atoms with van der Waals surface area (Å²) < 4.78 is 6.02. The molecule has 30 heavy (non-hydrogen) atoms. The molecule has 1 fully saturated rings. The van der Waals surface area contributed by atoms with E-state index < -0.39 is 0 Å². The highest BCUT2D eigenvalue weighted by Crippen LogP contribution is 2.24. The molecule has 1 saturated heterocycles. The third-order valence-corrected chi connectivity index (χ3v) is 5.32. The van der Waals surface area contributed by atoms with Crippen LogP contribution < -0.4 is 4.74 Å². The predicted octanol–water partition coefficient (Wildman–Crippen LogP) is 4.40. The van der Waals surface area contributed by atoms with Gasteiger partial charge in [-0.2, -0.15) is 0 Å². The number of fused-ring (bicyclic) bond motifs is 1. The molecule has 2 aromatic carbocycles. The Morgan fingerprint density at radius 3 is 2.80 bits per heavy atom. The van der Waals surface area contributed by atoms with Crippen molar-refractivity contribution in [2.45, 2.75) is 19.8 Å². The van der Waals surface area contributed by atoms with Crippen molar-refractivity contribution in [1.82, 2.24) is 14.9 Å². The topological polar surface area (TPSA) is 81.4 Å². The number of ether oxygens (including phenoxy) is 1. The average Bonchev–Trinajstić information content (AvgIpc) is 2.75. The molecule has 0 amide bonds. The highest BCUT2D eigenvalue weighted by atomic mass is 16.6. The van der Waals surface area contributed by atoms with E-state index in [2.05, 4.69) is 20.9 Å². The number of aromatic nitrogens is 2. The molecule has 0 aliphatic carbocycles. The van der Waals surface area contributed by atoms with E-state index in [4.69, 9.17) is 4.74 Å². The van der Waals surface area contributed by atoms with Gasteiger partial charge in [-0.1, -0.05) is 29.8 Å². The number of aryl methyl sites for hydroxylation is 1. The van der Waals surface area contributed by atoms with Gasteiger partial charge in [0.2, 0.25) is 0 Å². The molecule has 1 aliphatic rings. The highest BCUT2D eigenvalue weighted by molar-refractivity contribution is 5.84. The van der Waals surface area contributed by atoms with Gasteiger partial charge < -0.3 is 4.74 Å². The molecule has 0 saturated carbocycles. The molecule has 2 heterocycles. The molecule has 1 aromatic heterocycles. The first-order chi connectivity index (χ1) is 14.6. The lowest BCUT2D eigenvalue weighted by Crippen LogP contribution is -2.34. The molecule has 3 aromatic rings. The van der Waals surface area contributed by atoms with Gasteiger partial charge in [0.05, 0.1) is 15.8 Å². The Balaban J connectivity index is 1.30. The second-order valence-corrected chi connectivity index (χ2v) is 7.45. The van der Waals surface area contributed by atoms with E-state index in [9.17, 15) is 10.1 Å². The van der Waals surface area contributed by atoms with Gasteiger partial charge in [-0.3, -0.25) is 15.0 Å². The number of piperidine rings is 1. The molecular weight excluding hydrogens is 380 g/mol. The average molecular weight is 404 g/mol. The number of non-ortho nitro benzene ring substituents is 1. The fraction of sp³-hybridized carbons (Fsp3) is 0.304. The van der Waals surface area contributed by atoms with Gasteiger partial charge in [0.25, 0.3) is 5.69 Å². The lowest BCUT2D eigenvalue weighted by molar-refractivity contribution is -0.384. The van der Waals surface area contributed by atoms with Crippen molar-refractivity contribution < 1.29 is 9.66 Å². The third kappa shape index (κ3) is 4.80. The minimum atomic E-state index is -0.353. The van der Waals surface area contributed by atoms with E-state index in [1.54, 1.807) is 12.1 Å². The number of hydrogen-bond acceptors (Lipinski definition) is 6. The van der Waals surface area contributed by atoms with Gasteiger partial charge in [0, 0.05) is 38.0 Å². The normalized spacial score (nSPS) is 14.6. The molecule has 0 unspecified atom stereocenters. The van der Waals surface area contributed by atoms with E-state index in [0.717, 1.165) is 60.5 Å². The summed E-state index contributed by atoms with van der Waals surface area (Å²) in [6.45, 7) is 5.26. The molecule has 0 N–H and O–H groups in total. The molecule has 7 heteroatoms. The Kier molecular flexibility index (Phi) is 5.99. The van der Waals surface area contributed by atoms with Crippen LogP contribution in [0.2, 0.25) is 0 Å². The highest BCUT2D eigenvalue weighted by Gasteiger charge is 2.14. The van der Waals surface area contributed by atoms with E-state index in [-0.39, 0.29) is 10.6 Å². The SMILES string of the molecule is Cc1ncc2c(OCCN3CCC(=Cc4cccc([N+](=O)[O-])c4)CC3)cccc2n1. The van der Waals surface area contributed by atoms with Gasteiger partial charge in [-0.25, -0.2) is 9.97 Å². The molecule has 0 atom stereocenters. The zero-order valence-corrected chi connectivity index (χ0v) is 17.0. The van der Waals surface area contributed by atoms with Crippen LogP contribution in [0.4, 0.5) is 5.69 Å². The number of rotatable bonds is 6. The van der Waals surface area contributed by atoms with Crippen molar-refractivity contribution in [2.75, 3.05) is 26.2 Å². The summed E-state index contributed by atoms with van der Waals surface area (Å²) in [5, 5.41) is 11.9. The van der Waals surface area contributed by atoms with Crippen molar-refractivity contribution in [2.24, 2.45) is 0 Å². The van der Waals surface area contributed by atoms with E-state index >= 15 is 0 Å². The largest absolute Gasteiger partial charge is 0.491 e. The van der Waals surface area contributed by atoms with Crippen molar-refractivity contribution in [3.05, 3.63) is 75.7 Å². The molecule has 0 bridgehead atoms. The van der Waals surface area contributed by atoms with E-state index in [0.29, 0.717) is 6.61 Å². The third-order valence-electron chi connectivity index (χ3n) is 5.32.